The average molecular weight is 656 g/mol. The second kappa shape index (κ2) is 22.4. The number of aliphatic hydroxyl groups excluding tert-OH is 1. The predicted octanol–water partition coefficient (Wildman–Crippen LogP) is 6.08. The molecule has 10 nitrogen and oxygen atoms in total. The van der Waals surface area contributed by atoms with E-state index < -0.39 is 48.1 Å². The minimum Gasteiger partial charge on any atom is -0.447 e. The van der Waals surface area contributed by atoms with Crippen LogP contribution in [0.3, 0.4) is 0 Å². The van der Waals surface area contributed by atoms with Crippen molar-refractivity contribution in [2.75, 3.05) is 13.2 Å². The lowest BCUT2D eigenvalue weighted by molar-refractivity contribution is -0.119. The molecule has 0 bridgehead atoms. The van der Waals surface area contributed by atoms with E-state index in [9.17, 15) is 24.3 Å². The topological polar surface area (TPSA) is 140 Å². The number of rotatable bonds is 21. The Hall–Kier alpha value is -4.09. The van der Waals surface area contributed by atoms with Gasteiger partial charge in [0, 0.05) is 31.6 Å². The zero-order valence-corrected chi connectivity index (χ0v) is 27.5. The van der Waals surface area contributed by atoms with Crippen LogP contribution in [0.4, 0.5) is 9.18 Å². The van der Waals surface area contributed by atoms with Crippen molar-refractivity contribution in [2.24, 2.45) is 0 Å². The number of nitrogens with zero attached hydrogens (tertiary/aromatic N) is 1. The summed E-state index contributed by atoms with van der Waals surface area (Å²) in [4.78, 5) is 49.5. The molecule has 2 rings (SSSR count). The maximum atomic E-state index is 15.2. The number of carbonyl (C=O) groups is 2. The fourth-order valence-electron chi connectivity index (χ4n) is 4.66. The lowest BCUT2D eigenvalue weighted by Crippen LogP contribution is -2.44. The summed E-state index contributed by atoms with van der Waals surface area (Å²) in [6.07, 6.45) is 28.9. The van der Waals surface area contributed by atoms with Crippen molar-refractivity contribution in [1.82, 2.24) is 14.9 Å². The van der Waals surface area contributed by atoms with Gasteiger partial charge in [-0.25, -0.2) is 14.0 Å². The Bertz CT molecular complexity index is 1390. The van der Waals surface area contributed by atoms with Crippen LogP contribution in [0.15, 0.2) is 94.8 Å². The van der Waals surface area contributed by atoms with Gasteiger partial charge in [-0.05, 0) is 58.3 Å². The van der Waals surface area contributed by atoms with E-state index in [0.717, 1.165) is 62.3 Å². The Morgan fingerprint density at radius 3 is 2.06 bits per heavy atom. The van der Waals surface area contributed by atoms with E-state index in [1.54, 1.807) is 0 Å². The van der Waals surface area contributed by atoms with Gasteiger partial charge in [0.05, 0.1) is 0 Å². The van der Waals surface area contributed by atoms with Crippen molar-refractivity contribution in [3.8, 4) is 0 Å². The zero-order chi connectivity index (χ0) is 34.3. The summed E-state index contributed by atoms with van der Waals surface area (Å²) in [6.45, 7) is 2.93. The van der Waals surface area contributed by atoms with Crippen LogP contribution in [0.2, 0.25) is 0 Å². The van der Waals surface area contributed by atoms with Gasteiger partial charge in [-0.15, -0.1) is 0 Å². The highest BCUT2D eigenvalue weighted by atomic mass is 19.1. The molecule has 258 valence electrons. The van der Waals surface area contributed by atoms with Crippen LogP contribution in [-0.2, 0) is 14.3 Å². The van der Waals surface area contributed by atoms with E-state index in [-0.39, 0.29) is 12.3 Å². The standard InChI is InChI=1S/C36H50FN3O7/c1-3-4-5-6-7-8-9-10-11-12-13-14-15-16-17-18-19-20-21-23-29(41)24-22-26-38-35(45)46-28-30-32(43)36(2,37)33(47-30)40-27-25-31(42)39-34(40)44/h4-5,7-8,10-11,13-14,16-17,19-20,25,27,30,32-33,43H,3,6,9,12,15,18,21-24,26,28H2,1-2H3,(H,38,45)(H,39,42,44)/b5-4-,8-7-,11-10-,14-13-,17-16-,20-19-/t30-,32-,33-,36-/m1/s1. The summed E-state index contributed by atoms with van der Waals surface area (Å²) in [5, 5.41) is 12.9. The van der Waals surface area contributed by atoms with Crippen LogP contribution < -0.4 is 16.6 Å². The van der Waals surface area contributed by atoms with E-state index in [4.69, 9.17) is 9.47 Å². The molecule has 1 aliphatic heterocycles. The number of hydrogen-bond acceptors (Lipinski definition) is 7. The Morgan fingerprint density at radius 2 is 1.51 bits per heavy atom. The molecule has 0 radical (unpaired) electrons. The number of carbonyl (C=O) groups excluding carboxylic acids is 2. The van der Waals surface area contributed by atoms with Crippen molar-refractivity contribution >= 4 is 11.9 Å². The quantitative estimate of drug-likeness (QED) is 0.108. The van der Waals surface area contributed by atoms with E-state index in [1.165, 1.54) is 0 Å². The molecule has 1 fully saturated rings. The van der Waals surface area contributed by atoms with Crippen molar-refractivity contribution in [1.29, 1.82) is 0 Å². The molecule has 3 N–H and O–H groups in total. The monoisotopic (exact) mass is 655 g/mol. The number of halogens is 1. The smallest absolute Gasteiger partial charge is 0.407 e. The third-order valence-corrected chi connectivity index (χ3v) is 7.29. The van der Waals surface area contributed by atoms with Gasteiger partial charge in [0.25, 0.3) is 5.56 Å². The number of alkyl carbamates (subject to hydrolysis) is 1. The SMILES string of the molecule is CC/C=C\C/C=C\C/C=C\C/C=C\C/C=C\C/C=C\CCC(=O)CCCNC(=O)OC[C@H]1O[C@@H](n2ccc(=O)[nH]c2=O)[C@](C)(F)[C@@H]1O. The Morgan fingerprint density at radius 1 is 0.957 bits per heavy atom. The predicted molar refractivity (Wildman–Crippen MR) is 182 cm³/mol. The second-order valence-corrected chi connectivity index (χ2v) is 11.3. The number of Topliss-reactive ketones (excluding diaryl/α,β-unsaturated/α-hetero) is 1. The molecule has 0 unspecified atom stereocenters. The molecular weight excluding hydrogens is 605 g/mol. The average Bonchev–Trinajstić information content (AvgIpc) is 3.26. The number of amides is 1. The van der Waals surface area contributed by atoms with Crippen molar-refractivity contribution in [3.63, 3.8) is 0 Å². The van der Waals surface area contributed by atoms with Gasteiger partial charge < -0.3 is 19.9 Å². The third kappa shape index (κ3) is 15.4. The summed E-state index contributed by atoms with van der Waals surface area (Å²) in [5.74, 6) is 0.0907. The highest BCUT2D eigenvalue weighted by molar-refractivity contribution is 5.78. The van der Waals surface area contributed by atoms with Crippen LogP contribution in [0.1, 0.15) is 84.3 Å². The normalized spacial score (nSPS) is 21.8. The fourth-order valence-corrected chi connectivity index (χ4v) is 4.66. The van der Waals surface area contributed by atoms with Crippen LogP contribution in [0, 0.1) is 0 Å². The maximum absolute atomic E-state index is 15.2. The first kappa shape index (κ1) is 39.1. The lowest BCUT2D eigenvalue weighted by atomic mass is 9.98. The van der Waals surface area contributed by atoms with Gasteiger partial charge in [-0.2, -0.15) is 0 Å². The van der Waals surface area contributed by atoms with Gasteiger partial charge in [0.15, 0.2) is 11.9 Å². The van der Waals surface area contributed by atoms with Crippen molar-refractivity contribution in [2.45, 2.75) is 102 Å². The number of aromatic nitrogens is 2. The molecule has 1 aromatic heterocycles. The van der Waals surface area contributed by atoms with Gasteiger partial charge in [0.2, 0.25) is 0 Å². The minimum absolute atomic E-state index is 0.0907. The van der Waals surface area contributed by atoms with E-state index >= 15 is 4.39 Å². The fraction of sp³-hybridized carbons (Fsp3) is 0.500. The number of ether oxygens (including phenoxy) is 2. The molecule has 4 atom stereocenters. The summed E-state index contributed by atoms with van der Waals surface area (Å²) in [5.41, 5.74) is -3.95. The van der Waals surface area contributed by atoms with Crippen molar-refractivity contribution < 1.29 is 28.6 Å². The molecule has 47 heavy (non-hydrogen) atoms. The number of H-pyrrole nitrogens is 1. The van der Waals surface area contributed by atoms with E-state index in [0.29, 0.717) is 25.7 Å². The maximum Gasteiger partial charge on any atom is 0.407 e. The molecule has 0 aromatic carbocycles. The number of ketones is 1. The van der Waals surface area contributed by atoms with Gasteiger partial charge in [0.1, 0.15) is 24.6 Å². The molecule has 1 aromatic rings. The summed E-state index contributed by atoms with van der Waals surface area (Å²) in [7, 11) is 0. The first-order valence-corrected chi connectivity index (χ1v) is 16.3. The van der Waals surface area contributed by atoms with Crippen LogP contribution in [0.25, 0.3) is 0 Å². The molecule has 2 heterocycles. The van der Waals surface area contributed by atoms with Crippen molar-refractivity contribution in [3.05, 3.63) is 106 Å². The summed E-state index contributed by atoms with van der Waals surface area (Å²) in [6, 6.07) is 1.03. The molecule has 0 aliphatic carbocycles. The Labute approximate surface area is 276 Å². The molecule has 1 amide bonds. The first-order valence-electron chi connectivity index (χ1n) is 16.3. The van der Waals surface area contributed by atoms with Crippen LogP contribution >= 0.6 is 0 Å². The lowest BCUT2D eigenvalue weighted by Gasteiger charge is -2.24. The van der Waals surface area contributed by atoms with Gasteiger partial charge >= 0.3 is 11.8 Å². The highest BCUT2D eigenvalue weighted by Gasteiger charge is 2.55. The van der Waals surface area contributed by atoms with Crippen LogP contribution in [-0.4, -0.2) is 57.6 Å². The summed E-state index contributed by atoms with van der Waals surface area (Å²) < 4.78 is 26.5. The number of nitrogens with one attached hydrogen (secondary N) is 2. The van der Waals surface area contributed by atoms with Gasteiger partial charge in [-0.1, -0.05) is 79.8 Å². The molecule has 1 saturated heterocycles. The third-order valence-electron chi connectivity index (χ3n) is 7.29. The highest BCUT2D eigenvalue weighted by Crippen LogP contribution is 2.40. The Balaban J connectivity index is 1.50. The summed E-state index contributed by atoms with van der Waals surface area (Å²) >= 11 is 0. The number of allylic oxidation sites excluding steroid dienone is 12. The van der Waals surface area contributed by atoms with E-state index in [1.807, 2.05) is 17.1 Å². The largest absolute Gasteiger partial charge is 0.447 e. The van der Waals surface area contributed by atoms with Crippen LogP contribution in [0.5, 0.6) is 0 Å². The minimum atomic E-state index is -2.39. The van der Waals surface area contributed by atoms with Gasteiger partial charge in [-0.3, -0.25) is 19.1 Å². The first-order chi connectivity index (χ1) is 22.7. The second-order valence-electron chi connectivity index (χ2n) is 11.3. The Kier molecular flexibility index (Phi) is 18.7. The molecule has 11 heteroatoms. The zero-order valence-electron chi connectivity index (χ0n) is 27.5. The number of aromatic amines is 1. The molecule has 0 saturated carbocycles. The van der Waals surface area contributed by atoms with E-state index in [2.05, 4.69) is 73.0 Å². The number of aliphatic hydroxyl groups is 1. The molecule has 0 spiro atoms. The number of alkyl halides is 1. The number of hydrogen-bond donors (Lipinski definition) is 3. The molecular formula is C36H50FN3O7. The molecule has 1 aliphatic rings.